The molecule has 9 nitrogen and oxygen atoms in total. The number of amides is 1. The third kappa shape index (κ3) is 10.3. The van der Waals surface area contributed by atoms with Crippen LogP contribution in [0.25, 0.3) is 11.1 Å². The van der Waals surface area contributed by atoms with E-state index in [2.05, 4.69) is 34.6 Å². The minimum absolute atomic E-state index is 0.00147. The smallest absolute Gasteiger partial charge is 0.303 e. The number of aliphatic hydroxyl groups is 1. The van der Waals surface area contributed by atoms with Gasteiger partial charge < -0.3 is 29.6 Å². The van der Waals surface area contributed by atoms with Crippen LogP contribution in [0.15, 0.2) is 90.3 Å². The molecule has 3 atom stereocenters. The molecule has 2 heterocycles. The number of benzene rings is 3. The fourth-order valence-electron chi connectivity index (χ4n) is 5.61. The molecule has 1 saturated heterocycles. The molecule has 3 aromatic carbocycles. The summed E-state index contributed by atoms with van der Waals surface area (Å²) in [5, 5.41) is 22.2. The summed E-state index contributed by atoms with van der Waals surface area (Å²) in [4.78, 5) is 27.5. The van der Waals surface area contributed by atoms with E-state index < -0.39 is 12.3 Å². The summed E-state index contributed by atoms with van der Waals surface area (Å²) in [5.74, 6) is -0.0464. The van der Waals surface area contributed by atoms with E-state index in [0.29, 0.717) is 25.8 Å². The van der Waals surface area contributed by atoms with E-state index >= 15 is 0 Å². The second kappa shape index (κ2) is 17.3. The fraction of sp³-hybridized carbons (Fsp3) is 0.378. The number of thioether (sulfide) groups is 1. The Morgan fingerprint density at radius 1 is 0.915 bits per heavy atom. The lowest BCUT2D eigenvalue weighted by molar-refractivity contribution is -0.245. The Labute approximate surface area is 280 Å². The molecule has 4 aromatic rings. The summed E-state index contributed by atoms with van der Waals surface area (Å²) in [6.07, 6.45) is 7.31. The highest BCUT2D eigenvalue weighted by molar-refractivity contribution is 7.99. The van der Waals surface area contributed by atoms with E-state index in [-0.39, 0.29) is 31.1 Å². The van der Waals surface area contributed by atoms with Crippen molar-refractivity contribution in [2.24, 2.45) is 7.05 Å². The molecule has 0 radical (unpaired) electrons. The van der Waals surface area contributed by atoms with Gasteiger partial charge in [0.2, 0.25) is 5.91 Å². The second-order valence-corrected chi connectivity index (χ2v) is 12.9. The average molecular weight is 658 g/mol. The van der Waals surface area contributed by atoms with Gasteiger partial charge in [-0.05, 0) is 52.8 Å². The third-order valence-electron chi connectivity index (χ3n) is 8.24. The maximum Gasteiger partial charge on any atom is 0.303 e. The molecule has 3 N–H and O–H groups in total. The van der Waals surface area contributed by atoms with Gasteiger partial charge in [-0.3, -0.25) is 9.59 Å². The maximum absolute atomic E-state index is 12.4. The highest BCUT2D eigenvalue weighted by Crippen LogP contribution is 2.40. The minimum Gasteiger partial charge on any atom is -0.481 e. The topological polar surface area (TPSA) is 123 Å². The number of rotatable bonds is 16. The van der Waals surface area contributed by atoms with Gasteiger partial charge in [0.15, 0.2) is 11.4 Å². The standard InChI is InChI=1S/C37H43N3O6S/c1-40-19-18-38-37(40)47-25-32-22-33(28-16-14-26(24-41)15-17-28)46-36(45-32)31-11-7-10-30(21-31)29-9-6-8-27(20-29)23-39-34(42)12-4-2-3-5-13-35(43)44/h6-11,14-21,32-33,36,41H,2-5,12-13,22-25H2,1H3,(H,39,42)(H,43,44)/t32-,33+,36+/m1/s1. The molecule has 0 bridgehead atoms. The zero-order valence-corrected chi connectivity index (χ0v) is 27.5. The molecule has 47 heavy (non-hydrogen) atoms. The normalized spacial score (nSPS) is 17.8. The van der Waals surface area contributed by atoms with Crippen LogP contribution in [0.5, 0.6) is 0 Å². The summed E-state index contributed by atoms with van der Waals surface area (Å²) < 4.78 is 15.1. The van der Waals surface area contributed by atoms with Crippen LogP contribution in [0.1, 0.15) is 79.6 Å². The van der Waals surface area contributed by atoms with Crippen molar-refractivity contribution in [2.45, 2.75) is 81.8 Å². The number of carboxylic acids is 1. The Morgan fingerprint density at radius 3 is 2.38 bits per heavy atom. The Kier molecular flexibility index (Phi) is 12.6. The number of carbonyl (C=O) groups excluding carboxylic acids is 1. The van der Waals surface area contributed by atoms with E-state index in [0.717, 1.165) is 63.6 Å². The first-order valence-corrected chi connectivity index (χ1v) is 17.1. The zero-order chi connectivity index (χ0) is 33.0. The summed E-state index contributed by atoms with van der Waals surface area (Å²) in [7, 11) is 1.98. The Bertz CT molecular complexity index is 1610. The molecular formula is C37H43N3O6S. The lowest BCUT2D eigenvalue weighted by Gasteiger charge is -2.36. The van der Waals surface area contributed by atoms with Gasteiger partial charge in [0, 0.05) is 56.6 Å². The number of carbonyl (C=O) groups is 2. The van der Waals surface area contributed by atoms with Crippen LogP contribution in [0, 0.1) is 0 Å². The molecule has 0 unspecified atom stereocenters. The minimum atomic E-state index is -0.775. The van der Waals surface area contributed by atoms with Crippen molar-refractivity contribution in [2.75, 3.05) is 5.75 Å². The van der Waals surface area contributed by atoms with Crippen LogP contribution >= 0.6 is 11.8 Å². The number of imidazole rings is 1. The Balaban J connectivity index is 1.24. The predicted octanol–water partition coefficient (Wildman–Crippen LogP) is 6.96. The second-order valence-electron chi connectivity index (χ2n) is 11.9. The number of hydrogen-bond donors (Lipinski definition) is 3. The molecule has 1 aliphatic heterocycles. The predicted molar refractivity (Wildman–Crippen MR) is 181 cm³/mol. The highest BCUT2D eigenvalue weighted by Gasteiger charge is 2.32. The maximum atomic E-state index is 12.4. The Morgan fingerprint density at radius 2 is 1.66 bits per heavy atom. The first-order chi connectivity index (χ1) is 22.9. The van der Waals surface area contributed by atoms with Crippen LogP contribution in [0.3, 0.4) is 0 Å². The molecule has 0 saturated carbocycles. The van der Waals surface area contributed by atoms with E-state index in [1.54, 1.807) is 18.0 Å². The number of aliphatic hydroxyl groups excluding tert-OH is 1. The SMILES string of the molecule is Cn1ccnc1SC[C@H]1C[C@@H](c2ccc(CO)cc2)O[C@@H](c2cccc(-c3cccc(CNC(=O)CCCCCCC(=O)O)c3)c2)O1. The van der Waals surface area contributed by atoms with Crippen LogP contribution in [-0.2, 0) is 39.3 Å². The van der Waals surface area contributed by atoms with Gasteiger partial charge in [-0.15, -0.1) is 0 Å². The summed E-state index contributed by atoms with van der Waals surface area (Å²) in [6.45, 7) is 0.435. The summed E-state index contributed by atoms with van der Waals surface area (Å²) >= 11 is 1.67. The molecule has 1 aliphatic rings. The zero-order valence-electron chi connectivity index (χ0n) is 26.7. The Hall–Kier alpha value is -3.96. The highest BCUT2D eigenvalue weighted by atomic mass is 32.2. The molecule has 248 valence electrons. The number of aryl methyl sites for hydroxylation is 1. The number of nitrogens with zero attached hydrogens (tertiary/aromatic N) is 2. The number of unbranched alkanes of at least 4 members (excludes halogenated alkanes) is 3. The number of aromatic nitrogens is 2. The van der Waals surface area contributed by atoms with E-state index in [4.69, 9.17) is 14.6 Å². The molecule has 1 fully saturated rings. The third-order valence-corrected chi connectivity index (χ3v) is 9.43. The van der Waals surface area contributed by atoms with E-state index in [9.17, 15) is 14.7 Å². The average Bonchev–Trinajstić information content (AvgIpc) is 3.52. The first kappa shape index (κ1) is 34.4. The van der Waals surface area contributed by atoms with Crippen molar-refractivity contribution in [3.63, 3.8) is 0 Å². The first-order valence-electron chi connectivity index (χ1n) is 16.2. The fourth-order valence-corrected chi connectivity index (χ4v) is 6.56. The van der Waals surface area contributed by atoms with Crippen molar-refractivity contribution in [1.29, 1.82) is 0 Å². The van der Waals surface area contributed by atoms with Crippen LogP contribution in [0.4, 0.5) is 0 Å². The lowest BCUT2D eigenvalue weighted by Crippen LogP contribution is -2.31. The molecule has 1 amide bonds. The number of carboxylic acid groups (broad SMARTS) is 1. The van der Waals surface area contributed by atoms with Crippen molar-refractivity contribution in [3.05, 3.63) is 107 Å². The summed E-state index contributed by atoms with van der Waals surface area (Å²) in [6, 6.07) is 24.3. The van der Waals surface area contributed by atoms with Gasteiger partial charge in [-0.25, -0.2) is 4.98 Å². The van der Waals surface area contributed by atoms with E-state index in [1.165, 1.54) is 0 Å². The molecular weight excluding hydrogens is 614 g/mol. The van der Waals surface area contributed by atoms with Crippen LogP contribution in [0.2, 0.25) is 0 Å². The van der Waals surface area contributed by atoms with Crippen molar-refractivity contribution in [1.82, 2.24) is 14.9 Å². The van der Waals surface area contributed by atoms with Crippen molar-refractivity contribution in [3.8, 4) is 11.1 Å². The van der Waals surface area contributed by atoms with Crippen molar-refractivity contribution >= 4 is 23.6 Å². The lowest BCUT2D eigenvalue weighted by atomic mass is 9.99. The molecule has 0 aliphatic carbocycles. The van der Waals surface area contributed by atoms with Gasteiger partial charge in [0.25, 0.3) is 0 Å². The van der Waals surface area contributed by atoms with Gasteiger partial charge in [-0.1, -0.05) is 85.3 Å². The van der Waals surface area contributed by atoms with Gasteiger partial charge in [0.1, 0.15) is 0 Å². The van der Waals surface area contributed by atoms with Gasteiger partial charge >= 0.3 is 5.97 Å². The van der Waals surface area contributed by atoms with Crippen LogP contribution < -0.4 is 5.32 Å². The monoisotopic (exact) mass is 657 g/mol. The number of hydrogen-bond acceptors (Lipinski definition) is 7. The number of nitrogens with one attached hydrogen (secondary N) is 1. The quantitative estimate of drug-likeness (QED) is 0.0874. The number of ether oxygens (including phenoxy) is 2. The number of aliphatic carboxylic acids is 1. The van der Waals surface area contributed by atoms with Gasteiger partial charge in [0.05, 0.1) is 18.8 Å². The van der Waals surface area contributed by atoms with Crippen LogP contribution in [-0.4, -0.2) is 43.5 Å². The molecule has 1 aromatic heterocycles. The molecule has 10 heteroatoms. The van der Waals surface area contributed by atoms with Gasteiger partial charge in [-0.2, -0.15) is 0 Å². The molecule has 5 rings (SSSR count). The van der Waals surface area contributed by atoms with E-state index in [1.807, 2.05) is 66.3 Å². The summed E-state index contributed by atoms with van der Waals surface area (Å²) in [5.41, 5.74) is 5.90. The molecule has 0 spiro atoms. The van der Waals surface area contributed by atoms with Crippen molar-refractivity contribution < 1.29 is 29.3 Å². The largest absolute Gasteiger partial charge is 0.481 e.